The van der Waals surface area contributed by atoms with Gasteiger partial charge in [-0.15, -0.1) is 0 Å². The molecule has 1 fully saturated rings. The van der Waals surface area contributed by atoms with Gasteiger partial charge in [0, 0.05) is 12.6 Å². The standard InChI is InChI=1S/C14H19F3N2/c15-14(16,17)12-7-3-2-6-11(12)13(10-18)19-8-4-1-5-9-19/h2-3,6-7,13H,1,4-5,8-10,18H2. The van der Waals surface area contributed by atoms with Crippen LogP contribution < -0.4 is 5.73 Å². The van der Waals surface area contributed by atoms with Crippen LogP contribution in [0.3, 0.4) is 0 Å². The van der Waals surface area contributed by atoms with Crippen LogP contribution in [0.15, 0.2) is 24.3 Å². The summed E-state index contributed by atoms with van der Waals surface area (Å²) in [6.07, 6.45) is -1.11. The van der Waals surface area contributed by atoms with E-state index in [0.29, 0.717) is 5.56 Å². The molecular weight excluding hydrogens is 253 g/mol. The number of halogens is 3. The molecule has 1 heterocycles. The van der Waals surface area contributed by atoms with Gasteiger partial charge >= 0.3 is 6.18 Å². The average Bonchev–Trinajstić information content (AvgIpc) is 2.40. The van der Waals surface area contributed by atoms with E-state index in [1.54, 1.807) is 12.1 Å². The summed E-state index contributed by atoms with van der Waals surface area (Å²) < 4.78 is 39.2. The van der Waals surface area contributed by atoms with Gasteiger partial charge < -0.3 is 5.73 Å². The van der Waals surface area contributed by atoms with Crippen molar-refractivity contribution in [1.29, 1.82) is 0 Å². The maximum absolute atomic E-state index is 13.1. The van der Waals surface area contributed by atoms with Crippen LogP contribution in [-0.2, 0) is 6.18 Å². The van der Waals surface area contributed by atoms with E-state index in [-0.39, 0.29) is 12.6 Å². The van der Waals surface area contributed by atoms with Crippen LogP contribution in [-0.4, -0.2) is 24.5 Å². The Bertz CT molecular complexity index is 411. The molecule has 1 aromatic carbocycles. The second-order valence-electron chi connectivity index (χ2n) is 4.93. The SMILES string of the molecule is NCC(c1ccccc1C(F)(F)F)N1CCCCC1. The molecule has 0 aromatic heterocycles. The number of rotatable bonds is 3. The fraction of sp³-hybridized carbons (Fsp3) is 0.571. The van der Waals surface area contributed by atoms with Gasteiger partial charge in [0.05, 0.1) is 5.56 Å². The van der Waals surface area contributed by atoms with Crippen molar-refractivity contribution in [1.82, 2.24) is 4.90 Å². The average molecular weight is 272 g/mol. The minimum absolute atomic E-state index is 0.215. The fourth-order valence-electron chi connectivity index (χ4n) is 2.75. The number of nitrogens with two attached hydrogens (primary N) is 1. The zero-order valence-electron chi connectivity index (χ0n) is 10.8. The Labute approximate surface area is 111 Å². The molecule has 0 radical (unpaired) electrons. The molecule has 0 aliphatic carbocycles. The van der Waals surface area contributed by atoms with Crippen molar-refractivity contribution in [2.24, 2.45) is 5.73 Å². The predicted octanol–water partition coefficient (Wildman–Crippen LogP) is 3.19. The first-order chi connectivity index (χ1) is 9.04. The second kappa shape index (κ2) is 5.92. The molecule has 5 heteroatoms. The highest BCUT2D eigenvalue weighted by Gasteiger charge is 2.36. The summed E-state index contributed by atoms with van der Waals surface area (Å²) in [6.45, 7) is 1.87. The smallest absolute Gasteiger partial charge is 0.329 e. The van der Waals surface area contributed by atoms with E-state index in [1.807, 2.05) is 0 Å². The molecule has 1 aliphatic heterocycles. The van der Waals surface area contributed by atoms with Crippen molar-refractivity contribution < 1.29 is 13.2 Å². The third-order valence-electron chi connectivity index (χ3n) is 3.68. The highest BCUT2D eigenvalue weighted by Crippen LogP contribution is 2.36. The molecule has 1 aliphatic rings. The first-order valence-corrected chi connectivity index (χ1v) is 6.64. The Morgan fingerprint density at radius 1 is 1.11 bits per heavy atom. The number of hydrogen-bond donors (Lipinski definition) is 1. The van der Waals surface area contributed by atoms with Crippen molar-refractivity contribution in [3.8, 4) is 0 Å². The zero-order chi connectivity index (χ0) is 13.9. The van der Waals surface area contributed by atoms with E-state index in [2.05, 4.69) is 4.90 Å². The lowest BCUT2D eigenvalue weighted by Crippen LogP contribution is -2.38. The molecule has 19 heavy (non-hydrogen) atoms. The Kier molecular flexibility index (Phi) is 4.47. The predicted molar refractivity (Wildman–Crippen MR) is 68.7 cm³/mol. The highest BCUT2D eigenvalue weighted by atomic mass is 19.4. The highest BCUT2D eigenvalue weighted by molar-refractivity contribution is 5.32. The summed E-state index contributed by atoms with van der Waals surface area (Å²) in [4.78, 5) is 2.08. The number of hydrogen-bond acceptors (Lipinski definition) is 2. The molecule has 2 rings (SSSR count). The molecule has 1 atom stereocenters. The minimum atomic E-state index is -4.32. The third-order valence-corrected chi connectivity index (χ3v) is 3.68. The lowest BCUT2D eigenvalue weighted by molar-refractivity contribution is -0.138. The Morgan fingerprint density at radius 3 is 2.32 bits per heavy atom. The normalized spacial score (nSPS) is 19.4. The van der Waals surface area contributed by atoms with Crippen LogP contribution in [0.1, 0.15) is 36.4 Å². The van der Waals surface area contributed by atoms with Crippen molar-refractivity contribution in [2.45, 2.75) is 31.5 Å². The molecule has 0 amide bonds. The van der Waals surface area contributed by atoms with Crippen LogP contribution in [0, 0.1) is 0 Å². The first-order valence-electron chi connectivity index (χ1n) is 6.64. The van der Waals surface area contributed by atoms with Gasteiger partial charge in [0.25, 0.3) is 0 Å². The number of likely N-dealkylation sites (tertiary alicyclic amines) is 1. The molecule has 0 spiro atoms. The van der Waals surface area contributed by atoms with E-state index in [4.69, 9.17) is 5.73 Å². The summed E-state index contributed by atoms with van der Waals surface area (Å²) in [5, 5.41) is 0. The van der Waals surface area contributed by atoms with Crippen molar-refractivity contribution in [3.63, 3.8) is 0 Å². The largest absolute Gasteiger partial charge is 0.416 e. The molecule has 106 valence electrons. The van der Waals surface area contributed by atoms with Gasteiger partial charge in [-0.05, 0) is 37.6 Å². The Balaban J connectivity index is 2.32. The van der Waals surface area contributed by atoms with Crippen LogP contribution in [0.25, 0.3) is 0 Å². The zero-order valence-corrected chi connectivity index (χ0v) is 10.8. The minimum Gasteiger partial charge on any atom is -0.329 e. The molecular formula is C14H19F3N2. The number of nitrogens with zero attached hydrogens (tertiary/aromatic N) is 1. The van der Waals surface area contributed by atoms with Crippen LogP contribution in [0.2, 0.25) is 0 Å². The maximum atomic E-state index is 13.1. The number of alkyl halides is 3. The third kappa shape index (κ3) is 3.28. The molecule has 1 aromatic rings. The van der Waals surface area contributed by atoms with E-state index in [1.165, 1.54) is 6.07 Å². The van der Waals surface area contributed by atoms with E-state index in [9.17, 15) is 13.2 Å². The molecule has 2 N–H and O–H groups in total. The van der Waals surface area contributed by atoms with Gasteiger partial charge in [-0.3, -0.25) is 4.90 Å². The lowest BCUT2D eigenvalue weighted by atomic mass is 9.96. The van der Waals surface area contributed by atoms with Gasteiger partial charge in [0.2, 0.25) is 0 Å². The maximum Gasteiger partial charge on any atom is 0.416 e. The molecule has 1 saturated heterocycles. The van der Waals surface area contributed by atoms with Gasteiger partial charge in [-0.2, -0.15) is 13.2 Å². The number of piperidine rings is 1. The van der Waals surface area contributed by atoms with Crippen LogP contribution in [0.4, 0.5) is 13.2 Å². The topological polar surface area (TPSA) is 29.3 Å². The van der Waals surface area contributed by atoms with E-state index >= 15 is 0 Å². The summed E-state index contributed by atoms with van der Waals surface area (Å²) in [7, 11) is 0. The lowest BCUT2D eigenvalue weighted by Gasteiger charge is -2.35. The van der Waals surface area contributed by atoms with Gasteiger partial charge in [0.1, 0.15) is 0 Å². The van der Waals surface area contributed by atoms with E-state index < -0.39 is 11.7 Å². The summed E-state index contributed by atoms with van der Waals surface area (Å²) in [5.74, 6) is 0. The Morgan fingerprint density at radius 2 is 1.74 bits per heavy atom. The van der Waals surface area contributed by atoms with Gasteiger partial charge in [0.15, 0.2) is 0 Å². The van der Waals surface area contributed by atoms with Crippen molar-refractivity contribution in [2.75, 3.05) is 19.6 Å². The van der Waals surface area contributed by atoms with Crippen molar-refractivity contribution >= 4 is 0 Å². The van der Waals surface area contributed by atoms with Gasteiger partial charge in [-0.1, -0.05) is 24.6 Å². The summed E-state index contributed by atoms with van der Waals surface area (Å²) in [5.41, 5.74) is 5.48. The Hall–Kier alpha value is -1.07. The van der Waals surface area contributed by atoms with E-state index in [0.717, 1.165) is 38.4 Å². The van der Waals surface area contributed by atoms with Crippen LogP contribution >= 0.6 is 0 Å². The van der Waals surface area contributed by atoms with Crippen molar-refractivity contribution in [3.05, 3.63) is 35.4 Å². The number of benzene rings is 1. The van der Waals surface area contributed by atoms with Gasteiger partial charge in [-0.25, -0.2) is 0 Å². The van der Waals surface area contributed by atoms with Crippen LogP contribution in [0.5, 0.6) is 0 Å². The molecule has 0 saturated carbocycles. The second-order valence-corrected chi connectivity index (χ2v) is 4.93. The summed E-state index contributed by atoms with van der Waals surface area (Å²) in [6, 6.07) is 5.43. The summed E-state index contributed by atoms with van der Waals surface area (Å²) >= 11 is 0. The molecule has 1 unspecified atom stereocenters. The first kappa shape index (κ1) is 14.3. The monoisotopic (exact) mass is 272 g/mol. The molecule has 0 bridgehead atoms. The fourth-order valence-corrected chi connectivity index (χ4v) is 2.75. The quantitative estimate of drug-likeness (QED) is 0.915. The molecule has 2 nitrogen and oxygen atoms in total.